The number of carbonyl (C=O) groups is 2. The van der Waals surface area contributed by atoms with Gasteiger partial charge in [-0.05, 0) is 20.3 Å². The van der Waals surface area contributed by atoms with Crippen molar-refractivity contribution >= 4 is 11.9 Å². The number of hydrogen-bond donors (Lipinski definition) is 2. The van der Waals surface area contributed by atoms with E-state index in [4.69, 9.17) is 9.84 Å². The quantitative estimate of drug-likeness (QED) is 0.613. The van der Waals surface area contributed by atoms with Crippen LogP contribution in [-0.2, 0) is 14.3 Å². The molecule has 0 aliphatic rings. The minimum atomic E-state index is -0.926. The molecule has 0 heterocycles. The second kappa shape index (κ2) is 8.10. The second-order valence-electron chi connectivity index (χ2n) is 3.67. The van der Waals surface area contributed by atoms with Gasteiger partial charge in [0.25, 0.3) is 0 Å². The van der Waals surface area contributed by atoms with Crippen LogP contribution < -0.4 is 5.32 Å². The van der Waals surface area contributed by atoms with E-state index in [1.807, 2.05) is 6.92 Å². The maximum Gasteiger partial charge on any atom is 0.322 e. The third-order valence-electron chi connectivity index (χ3n) is 2.24. The van der Waals surface area contributed by atoms with Crippen molar-refractivity contribution in [2.45, 2.75) is 52.1 Å². The zero-order chi connectivity index (χ0) is 12.6. The first-order valence-electron chi connectivity index (χ1n) is 5.68. The largest absolute Gasteiger partial charge is 0.480 e. The van der Waals surface area contributed by atoms with Crippen LogP contribution in [0.1, 0.15) is 40.0 Å². The molecular weight excluding hydrogens is 210 g/mol. The molecule has 2 unspecified atom stereocenters. The molecule has 0 radical (unpaired) electrons. The van der Waals surface area contributed by atoms with E-state index >= 15 is 0 Å². The molecule has 0 aliphatic heterocycles. The molecule has 0 saturated heterocycles. The Labute approximate surface area is 96.2 Å². The lowest BCUT2D eigenvalue weighted by Gasteiger charge is -2.18. The summed E-state index contributed by atoms with van der Waals surface area (Å²) in [6, 6.07) is -1.27. The summed E-state index contributed by atoms with van der Waals surface area (Å²) in [5.41, 5.74) is 0. The third kappa shape index (κ3) is 5.70. The summed E-state index contributed by atoms with van der Waals surface area (Å²) >= 11 is 0. The van der Waals surface area contributed by atoms with Crippen LogP contribution in [0.15, 0.2) is 0 Å². The lowest BCUT2D eigenvalue weighted by Crippen LogP contribution is -2.46. The number of unbranched alkanes of at least 4 members (excludes halogenated alkanes) is 1. The zero-order valence-corrected chi connectivity index (χ0v) is 10.2. The number of nitrogens with one attached hydrogen (secondary N) is 1. The highest BCUT2D eigenvalue weighted by Crippen LogP contribution is 2.02. The van der Waals surface area contributed by atoms with E-state index in [0.717, 1.165) is 12.8 Å². The molecule has 5 heteroatoms. The number of ether oxygens (including phenoxy) is 1. The number of rotatable bonds is 8. The van der Waals surface area contributed by atoms with Crippen LogP contribution in [-0.4, -0.2) is 35.7 Å². The molecule has 2 atom stereocenters. The second-order valence-corrected chi connectivity index (χ2v) is 3.67. The van der Waals surface area contributed by atoms with Gasteiger partial charge in [0, 0.05) is 0 Å². The van der Waals surface area contributed by atoms with Crippen molar-refractivity contribution in [1.82, 2.24) is 5.32 Å². The lowest BCUT2D eigenvalue weighted by molar-refractivity contribution is -0.146. The summed E-state index contributed by atoms with van der Waals surface area (Å²) in [6.45, 7) is 5.63. The van der Waals surface area contributed by atoms with E-state index in [1.54, 1.807) is 13.8 Å². The Morgan fingerprint density at radius 3 is 2.44 bits per heavy atom. The Kier molecular flexibility index (Phi) is 7.54. The first kappa shape index (κ1) is 14.9. The number of hydrogen-bond acceptors (Lipinski definition) is 4. The van der Waals surface area contributed by atoms with Crippen molar-refractivity contribution in [3.63, 3.8) is 0 Å². The average Bonchev–Trinajstić information content (AvgIpc) is 2.23. The molecule has 5 nitrogen and oxygen atoms in total. The van der Waals surface area contributed by atoms with Crippen LogP contribution in [0.2, 0.25) is 0 Å². The van der Waals surface area contributed by atoms with E-state index < -0.39 is 24.0 Å². The van der Waals surface area contributed by atoms with Gasteiger partial charge in [-0.25, -0.2) is 0 Å². The predicted octanol–water partition coefficient (Wildman–Crippen LogP) is 1.17. The van der Waals surface area contributed by atoms with Crippen LogP contribution in [0.4, 0.5) is 0 Å². The van der Waals surface area contributed by atoms with E-state index in [0.29, 0.717) is 13.0 Å². The lowest BCUT2D eigenvalue weighted by atomic mass is 10.1. The van der Waals surface area contributed by atoms with Crippen LogP contribution in [0.25, 0.3) is 0 Å². The standard InChI is InChI=1S/C11H21NO4/c1-4-6-7-9(10(13)14)12-8(3)11(15)16-5-2/h8-9,12H,4-7H2,1-3H3,(H,13,14). The molecule has 94 valence electrons. The van der Waals surface area contributed by atoms with Crippen molar-refractivity contribution in [2.75, 3.05) is 6.61 Å². The summed E-state index contributed by atoms with van der Waals surface area (Å²) in [5.74, 6) is -1.34. The highest BCUT2D eigenvalue weighted by Gasteiger charge is 2.23. The molecular formula is C11H21NO4. The van der Waals surface area contributed by atoms with Gasteiger partial charge in [-0.2, -0.15) is 0 Å². The molecule has 0 bridgehead atoms. The summed E-state index contributed by atoms with van der Waals surface area (Å²) in [5, 5.41) is 11.7. The predicted molar refractivity (Wildman–Crippen MR) is 60.2 cm³/mol. The molecule has 0 saturated carbocycles. The highest BCUT2D eigenvalue weighted by molar-refractivity contribution is 5.78. The minimum absolute atomic E-state index is 0.303. The van der Waals surface area contributed by atoms with Gasteiger partial charge in [-0.3, -0.25) is 14.9 Å². The first-order chi connectivity index (χ1) is 7.52. The fourth-order valence-corrected chi connectivity index (χ4v) is 1.32. The zero-order valence-electron chi connectivity index (χ0n) is 10.2. The van der Waals surface area contributed by atoms with Gasteiger partial charge >= 0.3 is 11.9 Å². The van der Waals surface area contributed by atoms with Crippen molar-refractivity contribution in [1.29, 1.82) is 0 Å². The van der Waals surface area contributed by atoms with Gasteiger partial charge in [0.1, 0.15) is 12.1 Å². The Balaban J connectivity index is 4.16. The van der Waals surface area contributed by atoms with Crippen molar-refractivity contribution in [2.24, 2.45) is 0 Å². The molecule has 0 aromatic heterocycles. The molecule has 0 fully saturated rings. The van der Waals surface area contributed by atoms with Gasteiger partial charge in [-0.15, -0.1) is 0 Å². The Morgan fingerprint density at radius 2 is 2.00 bits per heavy atom. The Morgan fingerprint density at radius 1 is 1.38 bits per heavy atom. The summed E-state index contributed by atoms with van der Waals surface area (Å²) in [6.07, 6.45) is 2.27. The third-order valence-corrected chi connectivity index (χ3v) is 2.24. The van der Waals surface area contributed by atoms with Gasteiger partial charge < -0.3 is 9.84 Å². The Hall–Kier alpha value is -1.10. The average molecular weight is 231 g/mol. The molecule has 0 aliphatic carbocycles. The van der Waals surface area contributed by atoms with Crippen LogP contribution in [0.5, 0.6) is 0 Å². The minimum Gasteiger partial charge on any atom is -0.480 e. The number of carbonyl (C=O) groups excluding carboxylic acids is 1. The maximum atomic E-state index is 11.3. The normalized spacial score (nSPS) is 14.2. The molecule has 0 amide bonds. The maximum absolute atomic E-state index is 11.3. The van der Waals surface area contributed by atoms with Crippen molar-refractivity contribution in [3.05, 3.63) is 0 Å². The molecule has 0 aromatic rings. The van der Waals surface area contributed by atoms with E-state index in [2.05, 4.69) is 5.32 Å². The van der Waals surface area contributed by atoms with E-state index in [-0.39, 0.29) is 0 Å². The molecule has 2 N–H and O–H groups in total. The summed E-state index contributed by atoms with van der Waals surface area (Å²) in [4.78, 5) is 22.2. The van der Waals surface area contributed by atoms with Crippen LogP contribution in [0.3, 0.4) is 0 Å². The SMILES string of the molecule is CCCCC(NC(C)C(=O)OCC)C(=O)O. The molecule has 0 spiro atoms. The van der Waals surface area contributed by atoms with Gasteiger partial charge in [0.15, 0.2) is 0 Å². The topological polar surface area (TPSA) is 75.6 Å². The van der Waals surface area contributed by atoms with Gasteiger partial charge in [-0.1, -0.05) is 19.8 Å². The number of carboxylic acids is 1. The number of aliphatic carboxylic acids is 1. The van der Waals surface area contributed by atoms with Crippen molar-refractivity contribution in [3.8, 4) is 0 Å². The Bertz CT molecular complexity index is 230. The highest BCUT2D eigenvalue weighted by atomic mass is 16.5. The smallest absolute Gasteiger partial charge is 0.322 e. The molecule has 0 rings (SSSR count). The number of carboxylic acid groups (broad SMARTS) is 1. The van der Waals surface area contributed by atoms with Crippen molar-refractivity contribution < 1.29 is 19.4 Å². The fourth-order valence-electron chi connectivity index (χ4n) is 1.32. The van der Waals surface area contributed by atoms with Gasteiger partial charge in [0.2, 0.25) is 0 Å². The monoisotopic (exact) mass is 231 g/mol. The molecule has 0 aromatic carbocycles. The van der Waals surface area contributed by atoms with Gasteiger partial charge in [0.05, 0.1) is 6.61 Å². The first-order valence-corrected chi connectivity index (χ1v) is 5.68. The van der Waals surface area contributed by atoms with Crippen LogP contribution in [0, 0.1) is 0 Å². The summed E-state index contributed by atoms with van der Waals surface area (Å²) in [7, 11) is 0. The van der Waals surface area contributed by atoms with Crippen LogP contribution >= 0.6 is 0 Å². The van der Waals surface area contributed by atoms with E-state index in [9.17, 15) is 9.59 Å². The fraction of sp³-hybridized carbons (Fsp3) is 0.818. The summed E-state index contributed by atoms with van der Waals surface area (Å²) < 4.78 is 4.79. The number of esters is 1. The molecule has 16 heavy (non-hydrogen) atoms. The van der Waals surface area contributed by atoms with E-state index in [1.165, 1.54) is 0 Å².